The van der Waals surface area contributed by atoms with Gasteiger partial charge in [-0.3, -0.25) is 9.69 Å². The van der Waals surface area contributed by atoms with E-state index in [0.717, 1.165) is 31.0 Å². The van der Waals surface area contributed by atoms with Crippen LogP contribution in [0.5, 0.6) is 0 Å². The van der Waals surface area contributed by atoms with E-state index in [1.165, 1.54) is 24.9 Å². The molecule has 0 aliphatic carbocycles. The van der Waals surface area contributed by atoms with Crippen molar-refractivity contribution in [3.8, 4) is 0 Å². The van der Waals surface area contributed by atoms with Crippen molar-refractivity contribution in [3.05, 3.63) is 29.8 Å². The second-order valence-corrected chi connectivity index (χ2v) is 5.49. The van der Waals surface area contributed by atoms with Crippen molar-refractivity contribution in [1.29, 1.82) is 0 Å². The lowest BCUT2D eigenvalue weighted by Gasteiger charge is -2.27. The Morgan fingerprint density at radius 3 is 2.56 bits per heavy atom. The number of hydrogen-bond acceptors (Lipinski definition) is 3. The van der Waals surface area contributed by atoms with E-state index in [1.54, 1.807) is 0 Å². The molecule has 2 saturated heterocycles. The first-order valence-corrected chi connectivity index (χ1v) is 6.80. The van der Waals surface area contributed by atoms with Crippen LogP contribution in [0.2, 0.25) is 0 Å². The molecule has 3 rings (SSSR count). The zero-order valence-corrected chi connectivity index (χ0v) is 10.9. The lowest BCUT2D eigenvalue weighted by Crippen LogP contribution is -2.36. The van der Waals surface area contributed by atoms with Gasteiger partial charge in [0.05, 0.1) is 0 Å². The van der Waals surface area contributed by atoms with Gasteiger partial charge < -0.3 is 4.90 Å². The summed E-state index contributed by atoms with van der Waals surface area (Å²) in [6.07, 6.45) is 4.84. The number of anilines is 1. The number of benzene rings is 1. The van der Waals surface area contributed by atoms with Gasteiger partial charge in [-0.25, -0.2) is 0 Å². The quantitative estimate of drug-likeness (QED) is 0.745. The van der Waals surface area contributed by atoms with Crippen LogP contribution in [0.3, 0.4) is 0 Å². The van der Waals surface area contributed by atoms with Crippen molar-refractivity contribution >= 4 is 12.0 Å². The van der Waals surface area contributed by atoms with Crippen LogP contribution in [0.1, 0.15) is 29.6 Å². The predicted molar refractivity (Wildman–Crippen MR) is 73.2 cm³/mol. The zero-order valence-electron chi connectivity index (χ0n) is 10.9. The van der Waals surface area contributed by atoms with Crippen molar-refractivity contribution in [2.75, 3.05) is 25.0 Å². The third-order valence-electron chi connectivity index (χ3n) is 4.54. The summed E-state index contributed by atoms with van der Waals surface area (Å²) >= 11 is 0. The largest absolute Gasteiger partial charge is 0.370 e. The van der Waals surface area contributed by atoms with Gasteiger partial charge in [0, 0.05) is 36.4 Å². The Bertz CT molecular complexity index is 429. The van der Waals surface area contributed by atoms with Crippen molar-refractivity contribution in [2.45, 2.75) is 31.3 Å². The minimum Gasteiger partial charge on any atom is -0.370 e. The summed E-state index contributed by atoms with van der Waals surface area (Å²) in [6.45, 7) is 2.25. The molecule has 3 nitrogen and oxygen atoms in total. The van der Waals surface area contributed by atoms with Crippen LogP contribution in [0.15, 0.2) is 24.3 Å². The highest BCUT2D eigenvalue weighted by atomic mass is 16.1. The van der Waals surface area contributed by atoms with Gasteiger partial charge >= 0.3 is 0 Å². The number of likely N-dealkylation sites (N-methyl/N-ethyl adjacent to an activating group) is 1. The SMILES string of the molecule is CN1C2CCC1CN(c1ccc(C=O)cc1)CC2. The molecule has 2 aliphatic heterocycles. The average Bonchev–Trinajstić information content (AvgIpc) is 2.64. The number of aldehydes is 1. The number of hydrogen-bond donors (Lipinski definition) is 0. The zero-order chi connectivity index (χ0) is 12.5. The summed E-state index contributed by atoms with van der Waals surface area (Å²) in [5, 5.41) is 0. The summed E-state index contributed by atoms with van der Waals surface area (Å²) in [5.41, 5.74) is 2.01. The van der Waals surface area contributed by atoms with Gasteiger partial charge in [-0.15, -0.1) is 0 Å². The maximum Gasteiger partial charge on any atom is 0.150 e. The number of carbonyl (C=O) groups is 1. The highest BCUT2D eigenvalue weighted by Crippen LogP contribution is 2.30. The molecule has 0 aromatic heterocycles. The molecule has 0 spiro atoms. The Balaban J connectivity index is 1.78. The molecular formula is C15H20N2O. The third kappa shape index (κ3) is 2.03. The molecule has 2 atom stereocenters. The summed E-state index contributed by atoms with van der Waals surface area (Å²) in [4.78, 5) is 15.7. The normalized spacial score (nSPS) is 28.2. The molecule has 1 aromatic rings. The highest BCUT2D eigenvalue weighted by molar-refractivity contribution is 5.75. The van der Waals surface area contributed by atoms with Crippen molar-refractivity contribution < 1.29 is 4.79 Å². The van der Waals surface area contributed by atoms with Crippen LogP contribution in [-0.2, 0) is 0 Å². The lowest BCUT2D eigenvalue weighted by molar-refractivity contribution is 0.112. The standard InChI is InChI=1S/C15H20N2O/c1-16-13-6-7-15(16)10-17(9-8-13)14-4-2-12(11-18)3-5-14/h2-5,11,13,15H,6-10H2,1H3. The maximum absolute atomic E-state index is 10.7. The lowest BCUT2D eigenvalue weighted by atomic mass is 10.1. The summed E-state index contributed by atoms with van der Waals surface area (Å²) in [5.74, 6) is 0. The summed E-state index contributed by atoms with van der Waals surface area (Å²) in [6, 6.07) is 9.44. The first-order chi connectivity index (χ1) is 8.78. The van der Waals surface area contributed by atoms with Gasteiger partial charge in [0.25, 0.3) is 0 Å². The van der Waals surface area contributed by atoms with Gasteiger partial charge in [0.15, 0.2) is 0 Å². The first kappa shape index (κ1) is 11.7. The van der Waals surface area contributed by atoms with Gasteiger partial charge in [0.2, 0.25) is 0 Å². The Kier molecular flexibility index (Phi) is 3.08. The molecule has 96 valence electrons. The average molecular weight is 244 g/mol. The van der Waals surface area contributed by atoms with Crippen LogP contribution >= 0.6 is 0 Å². The Hall–Kier alpha value is -1.35. The van der Waals surface area contributed by atoms with E-state index in [1.807, 2.05) is 12.1 Å². The van der Waals surface area contributed by atoms with Crippen LogP contribution < -0.4 is 4.90 Å². The van der Waals surface area contributed by atoms with E-state index in [4.69, 9.17) is 0 Å². The van der Waals surface area contributed by atoms with Crippen LogP contribution in [0.4, 0.5) is 5.69 Å². The minimum atomic E-state index is 0.697. The molecule has 2 fully saturated rings. The Morgan fingerprint density at radius 1 is 1.11 bits per heavy atom. The van der Waals surface area contributed by atoms with Crippen molar-refractivity contribution in [1.82, 2.24) is 4.90 Å². The summed E-state index contributed by atoms with van der Waals surface area (Å²) in [7, 11) is 2.27. The molecule has 3 heteroatoms. The molecule has 0 N–H and O–H groups in total. The second kappa shape index (κ2) is 4.73. The third-order valence-corrected chi connectivity index (χ3v) is 4.54. The monoisotopic (exact) mass is 244 g/mol. The molecule has 1 aromatic carbocycles. The molecular weight excluding hydrogens is 224 g/mol. The topological polar surface area (TPSA) is 23.6 Å². The number of nitrogens with zero attached hydrogens (tertiary/aromatic N) is 2. The Morgan fingerprint density at radius 2 is 1.83 bits per heavy atom. The summed E-state index contributed by atoms with van der Waals surface area (Å²) < 4.78 is 0. The molecule has 0 amide bonds. The number of rotatable bonds is 2. The molecule has 18 heavy (non-hydrogen) atoms. The van der Waals surface area contributed by atoms with E-state index in [-0.39, 0.29) is 0 Å². The fraction of sp³-hybridized carbons (Fsp3) is 0.533. The highest BCUT2D eigenvalue weighted by Gasteiger charge is 2.34. The molecule has 2 bridgehead atoms. The minimum absolute atomic E-state index is 0.697. The number of fused-ring (bicyclic) bond motifs is 2. The number of carbonyl (C=O) groups excluding carboxylic acids is 1. The van der Waals surface area contributed by atoms with E-state index in [2.05, 4.69) is 29.0 Å². The van der Waals surface area contributed by atoms with E-state index in [0.29, 0.717) is 6.04 Å². The first-order valence-electron chi connectivity index (χ1n) is 6.80. The Labute approximate surface area is 108 Å². The van der Waals surface area contributed by atoms with Crippen molar-refractivity contribution in [2.24, 2.45) is 0 Å². The predicted octanol–water partition coefficient (Wildman–Crippen LogP) is 2.17. The molecule has 0 radical (unpaired) electrons. The van der Waals surface area contributed by atoms with Gasteiger partial charge in [0.1, 0.15) is 6.29 Å². The fourth-order valence-corrected chi connectivity index (χ4v) is 3.31. The molecule has 2 unspecified atom stereocenters. The van der Waals surface area contributed by atoms with Crippen LogP contribution in [0, 0.1) is 0 Å². The molecule has 2 heterocycles. The van der Waals surface area contributed by atoms with Gasteiger partial charge in [-0.05, 0) is 50.6 Å². The molecule has 0 saturated carbocycles. The van der Waals surface area contributed by atoms with Crippen LogP contribution in [-0.4, -0.2) is 43.4 Å². The molecule has 2 aliphatic rings. The second-order valence-electron chi connectivity index (χ2n) is 5.49. The van der Waals surface area contributed by atoms with E-state index in [9.17, 15) is 4.79 Å². The van der Waals surface area contributed by atoms with E-state index < -0.39 is 0 Å². The van der Waals surface area contributed by atoms with Gasteiger partial charge in [-0.1, -0.05) is 0 Å². The van der Waals surface area contributed by atoms with Crippen molar-refractivity contribution in [3.63, 3.8) is 0 Å². The fourth-order valence-electron chi connectivity index (χ4n) is 3.31. The van der Waals surface area contributed by atoms with E-state index >= 15 is 0 Å². The smallest absolute Gasteiger partial charge is 0.150 e. The maximum atomic E-state index is 10.7. The van der Waals surface area contributed by atoms with Crippen LogP contribution in [0.25, 0.3) is 0 Å². The van der Waals surface area contributed by atoms with Gasteiger partial charge in [-0.2, -0.15) is 0 Å².